The second-order valence-corrected chi connectivity index (χ2v) is 9.76. The monoisotopic (exact) mass is 244 g/mol. The highest BCUT2D eigenvalue weighted by atomic mass is 32.4. The Hall–Kier alpha value is -0.653. The molecular formula is C10H16O3SSi. The first kappa shape index (κ1) is 12.4. The van der Waals surface area contributed by atoms with Crippen molar-refractivity contribution in [2.75, 3.05) is 0 Å². The summed E-state index contributed by atoms with van der Waals surface area (Å²) in [5.41, 5.74) is -0.638. The summed E-state index contributed by atoms with van der Waals surface area (Å²) >= 11 is 0. The number of hydrogen-bond acceptors (Lipinski definition) is 3. The maximum absolute atomic E-state index is 11.7. The highest BCUT2D eigenvalue weighted by Gasteiger charge is 2.22. The molecule has 0 radical (unpaired) electrons. The smallest absolute Gasteiger partial charge is 0.229 e. The van der Waals surface area contributed by atoms with Gasteiger partial charge in [0, 0.05) is 0 Å². The Balaban J connectivity index is 2.74. The van der Waals surface area contributed by atoms with Gasteiger partial charge in [0.15, 0.2) is 0 Å². The van der Waals surface area contributed by atoms with Crippen molar-refractivity contribution in [1.82, 2.24) is 0 Å². The quantitative estimate of drug-likeness (QED) is 0.729. The number of benzene rings is 1. The molecule has 5 heteroatoms. The van der Waals surface area contributed by atoms with Crippen LogP contribution in [0.2, 0.25) is 0 Å². The standard InChI is InChI=1S/C10H16O3SSi/c1-10(2,3)13-14(11,12)15-9-7-5-4-6-8-9/h4-8H,15H2,1-3H3. The molecule has 0 heterocycles. The lowest BCUT2D eigenvalue weighted by atomic mass is 10.2. The molecule has 0 spiro atoms. The fourth-order valence-electron chi connectivity index (χ4n) is 1.19. The summed E-state index contributed by atoms with van der Waals surface area (Å²) in [5, 5.41) is 0.877. The Morgan fingerprint density at radius 3 is 2.13 bits per heavy atom. The summed E-state index contributed by atoms with van der Waals surface area (Å²) < 4.78 is 28.4. The Morgan fingerprint density at radius 1 is 1.13 bits per heavy atom. The predicted octanol–water partition coefficient (Wildman–Crippen LogP) is 0.541. The third-order valence-electron chi connectivity index (χ3n) is 1.56. The SMILES string of the molecule is CC(C)(C)OS(=O)(=O)[SiH2]c1ccccc1. The highest BCUT2D eigenvalue weighted by Crippen LogP contribution is 2.10. The summed E-state index contributed by atoms with van der Waals surface area (Å²) in [6.07, 6.45) is 0. The van der Waals surface area contributed by atoms with E-state index in [4.69, 9.17) is 4.18 Å². The van der Waals surface area contributed by atoms with Gasteiger partial charge in [-0.1, -0.05) is 30.3 Å². The van der Waals surface area contributed by atoms with Crippen LogP contribution in [-0.4, -0.2) is 22.7 Å². The molecule has 0 aromatic heterocycles. The van der Waals surface area contributed by atoms with Crippen LogP contribution in [0.1, 0.15) is 20.8 Å². The van der Waals surface area contributed by atoms with E-state index in [1.165, 1.54) is 0 Å². The van der Waals surface area contributed by atoms with Gasteiger partial charge in [0.25, 0.3) is 0 Å². The zero-order valence-electron chi connectivity index (χ0n) is 9.23. The molecule has 1 aromatic rings. The molecular weight excluding hydrogens is 228 g/mol. The lowest BCUT2D eigenvalue weighted by molar-refractivity contribution is 0.144. The van der Waals surface area contributed by atoms with E-state index in [1.807, 2.05) is 30.3 Å². The van der Waals surface area contributed by atoms with Crippen molar-refractivity contribution in [2.24, 2.45) is 0 Å². The van der Waals surface area contributed by atoms with Crippen molar-refractivity contribution in [3.8, 4) is 0 Å². The van der Waals surface area contributed by atoms with E-state index < -0.39 is 23.8 Å². The lowest BCUT2D eigenvalue weighted by Crippen LogP contribution is -2.32. The lowest BCUT2D eigenvalue weighted by Gasteiger charge is -2.18. The van der Waals surface area contributed by atoms with Crippen molar-refractivity contribution in [2.45, 2.75) is 26.4 Å². The van der Waals surface area contributed by atoms with Gasteiger partial charge >= 0.3 is 0 Å². The van der Waals surface area contributed by atoms with Gasteiger partial charge in [0.1, 0.15) is 0 Å². The van der Waals surface area contributed by atoms with E-state index in [1.54, 1.807) is 20.8 Å². The summed E-state index contributed by atoms with van der Waals surface area (Å²) in [4.78, 5) is 0. The maximum Gasteiger partial charge on any atom is 0.229 e. The molecule has 0 aliphatic rings. The first-order valence-corrected chi connectivity index (χ1v) is 8.77. The Bertz CT molecular complexity index is 406. The maximum atomic E-state index is 11.7. The second-order valence-electron chi connectivity index (χ2n) is 4.38. The van der Waals surface area contributed by atoms with Gasteiger partial charge in [-0.25, -0.2) is 8.42 Å². The van der Waals surface area contributed by atoms with Gasteiger partial charge in [-0.15, -0.1) is 0 Å². The van der Waals surface area contributed by atoms with Crippen LogP contribution in [0.25, 0.3) is 0 Å². The zero-order chi connectivity index (χ0) is 11.5. The van der Waals surface area contributed by atoms with E-state index in [0.29, 0.717) is 0 Å². The predicted molar refractivity (Wildman–Crippen MR) is 64.4 cm³/mol. The average molecular weight is 244 g/mol. The minimum Gasteiger partial charge on any atom is -0.270 e. The molecule has 0 saturated heterocycles. The largest absolute Gasteiger partial charge is 0.270 e. The van der Waals surface area contributed by atoms with Crippen molar-refractivity contribution in [3.05, 3.63) is 30.3 Å². The first-order chi connectivity index (χ1) is 6.79. The van der Waals surface area contributed by atoms with Gasteiger partial charge in [0.2, 0.25) is 18.2 Å². The van der Waals surface area contributed by atoms with Gasteiger partial charge in [-0.3, -0.25) is 4.18 Å². The molecule has 0 amide bonds. The van der Waals surface area contributed by atoms with Crippen LogP contribution in [0, 0.1) is 0 Å². The Kier molecular flexibility index (Phi) is 3.70. The van der Waals surface area contributed by atoms with E-state index in [-0.39, 0.29) is 0 Å². The third-order valence-corrected chi connectivity index (χ3v) is 5.89. The van der Waals surface area contributed by atoms with Crippen LogP contribution >= 0.6 is 0 Å². The van der Waals surface area contributed by atoms with E-state index in [0.717, 1.165) is 5.19 Å². The van der Waals surface area contributed by atoms with Crippen LogP contribution in [0.3, 0.4) is 0 Å². The van der Waals surface area contributed by atoms with Crippen LogP contribution in [0.4, 0.5) is 0 Å². The normalized spacial score (nSPS) is 13.5. The molecule has 0 bridgehead atoms. The Morgan fingerprint density at radius 2 is 1.67 bits per heavy atom. The topological polar surface area (TPSA) is 43.4 Å². The van der Waals surface area contributed by atoms with E-state index in [9.17, 15) is 8.42 Å². The van der Waals surface area contributed by atoms with Crippen molar-refractivity contribution >= 4 is 23.4 Å². The fraction of sp³-hybridized carbons (Fsp3) is 0.400. The first-order valence-electron chi connectivity index (χ1n) is 4.76. The van der Waals surface area contributed by atoms with Crippen molar-refractivity contribution in [3.63, 3.8) is 0 Å². The number of rotatable bonds is 3. The van der Waals surface area contributed by atoms with Crippen molar-refractivity contribution < 1.29 is 12.6 Å². The minimum absolute atomic E-state index is 0.638. The molecule has 1 rings (SSSR count). The molecule has 84 valence electrons. The minimum atomic E-state index is -3.35. The zero-order valence-corrected chi connectivity index (χ0v) is 11.5. The molecule has 1 aromatic carbocycles. The highest BCUT2D eigenvalue weighted by molar-refractivity contribution is 8.12. The van der Waals surface area contributed by atoms with Gasteiger partial charge in [-0.2, -0.15) is 0 Å². The summed E-state index contributed by atoms with van der Waals surface area (Å²) in [5.74, 6) is 0. The van der Waals surface area contributed by atoms with Gasteiger partial charge < -0.3 is 0 Å². The number of hydrogen-bond donors (Lipinski definition) is 0. The van der Waals surface area contributed by atoms with Crippen LogP contribution < -0.4 is 5.19 Å². The summed E-state index contributed by atoms with van der Waals surface area (Å²) in [6, 6.07) is 9.21. The fourth-order valence-corrected chi connectivity index (χ4v) is 5.92. The molecule has 0 unspecified atom stereocenters. The second kappa shape index (κ2) is 4.47. The van der Waals surface area contributed by atoms with Crippen LogP contribution in [-0.2, 0) is 13.8 Å². The van der Waals surface area contributed by atoms with E-state index in [2.05, 4.69) is 0 Å². The molecule has 3 nitrogen and oxygen atoms in total. The molecule has 0 saturated carbocycles. The molecule has 0 atom stereocenters. The average Bonchev–Trinajstić information content (AvgIpc) is 1.99. The van der Waals surface area contributed by atoms with Gasteiger partial charge in [-0.05, 0) is 26.0 Å². The molecule has 0 fully saturated rings. The van der Waals surface area contributed by atoms with Crippen molar-refractivity contribution in [1.29, 1.82) is 0 Å². The van der Waals surface area contributed by atoms with E-state index >= 15 is 0 Å². The van der Waals surface area contributed by atoms with Crippen LogP contribution in [0.15, 0.2) is 30.3 Å². The summed E-state index contributed by atoms with van der Waals surface area (Å²) in [7, 11) is -4.77. The van der Waals surface area contributed by atoms with Crippen LogP contribution in [0.5, 0.6) is 0 Å². The third kappa shape index (κ3) is 5.11. The molecule has 0 aliphatic heterocycles. The van der Waals surface area contributed by atoms with Gasteiger partial charge in [0.05, 0.1) is 5.60 Å². The Labute approximate surface area is 93.1 Å². The molecule has 15 heavy (non-hydrogen) atoms. The summed E-state index contributed by atoms with van der Waals surface area (Å²) in [6.45, 7) is 5.22. The molecule has 0 N–H and O–H groups in total. The molecule has 0 aliphatic carbocycles.